The van der Waals surface area contributed by atoms with Gasteiger partial charge in [-0.2, -0.15) is 0 Å². The molecule has 0 saturated heterocycles. The molecule has 1 rings (SSSR count). The van der Waals surface area contributed by atoms with Crippen LogP contribution in [0.15, 0.2) is 11.8 Å². The highest BCUT2D eigenvalue weighted by Crippen LogP contribution is 2.29. The first-order chi connectivity index (χ1) is 12.6. The minimum absolute atomic E-state index is 0.0519. The SMILES string of the molecule is CC/C(=C\c1nc(C(=O)CCCCC(CO)C(C)C)cnc1C)C(C)(C)C. The van der Waals surface area contributed by atoms with Crippen LogP contribution in [-0.4, -0.2) is 27.5 Å². The summed E-state index contributed by atoms with van der Waals surface area (Å²) in [6.07, 6.45) is 7.86. The summed E-state index contributed by atoms with van der Waals surface area (Å²) in [5.41, 5.74) is 3.48. The summed E-state index contributed by atoms with van der Waals surface area (Å²) >= 11 is 0. The molecular formula is C23H38N2O2. The number of hydrogen-bond acceptors (Lipinski definition) is 4. The van der Waals surface area contributed by atoms with Crippen molar-refractivity contribution in [2.45, 2.75) is 80.6 Å². The maximum absolute atomic E-state index is 12.5. The Labute approximate surface area is 165 Å². The van der Waals surface area contributed by atoms with Gasteiger partial charge in [-0.05, 0) is 49.5 Å². The number of aliphatic hydroxyl groups excluding tert-OH is 1. The molecule has 1 aromatic rings. The van der Waals surface area contributed by atoms with Gasteiger partial charge in [-0.3, -0.25) is 9.78 Å². The van der Waals surface area contributed by atoms with Gasteiger partial charge < -0.3 is 5.11 Å². The van der Waals surface area contributed by atoms with E-state index in [0.29, 0.717) is 24.0 Å². The number of allylic oxidation sites excluding steroid dienone is 1. The lowest BCUT2D eigenvalue weighted by Crippen LogP contribution is -2.13. The molecule has 1 atom stereocenters. The summed E-state index contributed by atoms with van der Waals surface area (Å²) in [5, 5.41) is 9.40. The van der Waals surface area contributed by atoms with Gasteiger partial charge >= 0.3 is 0 Å². The Morgan fingerprint density at radius 2 is 1.93 bits per heavy atom. The predicted molar refractivity (Wildman–Crippen MR) is 113 cm³/mol. The fourth-order valence-electron chi connectivity index (χ4n) is 3.20. The Balaban J connectivity index is 2.78. The summed E-state index contributed by atoms with van der Waals surface area (Å²) < 4.78 is 0. The van der Waals surface area contributed by atoms with Crippen LogP contribution in [0.2, 0.25) is 0 Å². The number of ketones is 1. The van der Waals surface area contributed by atoms with Crippen LogP contribution >= 0.6 is 0 Å². The topological polar surface area (TPSA) is 63.1 Å². The van der Waals surface area contributed by atoms with E-state index in [1.807, 2.05) is 6.92 Å². The van der Waals surface area contributed by atoms with E-state index >= 15 is 0 Å². The highest BCUT2D eigenvalue weighted by molar-refractivity contribution is 5.94. The fourth-order valence-corrected chi connectivity index (χ4v) is 3.20. The molecule has 152 valence electrons. The Morgan fingerprint density at radius 3 is 2.44 bits per heavy atom. The fraction of sp³-hybridized carbons (Fsp3) is 0.696. The van der Waals surface area contributed by atoms with Gasteiger partial charge in [0.1, 0.15) is 5.69 Å². The molecule has 0 aliphatic carbocycles. The number of hydrogen-bond donors (Lipinski definition) is 1. The molecule has 0 spiro atoms. The number of aryl methyl sites for hydroxylation is 1. The summed E-state index contributed by atoms with van der Waals surface area (Å²) in [7, 11) is 0. The average Bonchev–Trinajstić information content (AvgIpc) is 2.59. The van der Waals surface area contributed by atoms with Crippen molar-refractivity contribution >= 4 is 11.9 Å². The molecule has 0 aliphatic rings. The van der Waals surface area contributed by atoms with E-state index in [4.69, 9.17) is 0 Å². The van der Waals surface area contributed by atoms with Crippen LogP contribution in [0.25, 0.3) is 6.08 Å². The summed E-state index contributed by atoms with van der Waals surface area (Å²) in [6, 6.07) is 0. The number of carbonyl (C=O) groups is 1. The van der Waals surface area contributed by atoms with E-state index in [2.05, 4.69) is 57.6 Å². The number of aliphatic hydroxyl groups is 1. The first-order valence-corrected chi connectivity index (χ1v) is 10.3. The smallest absolute Gasteiger partial charge is 0.182 e. The number of aromatic nitrogens is 2. The number of carbonyl (C=O) groups excluding carboxylic acids is 1. The van der Waals surface area contributed by atoms with Crippen molar-refractivity contribution in [1.29, 1.82) is 0 Å². The lowest BCUT2D eigenvalue weighted by molar-refractivity contribution is 0.0972. The molecule has 0 radical (unpaired) electrons. The van der Waals surface area contributed by atoms with E-state index in [0.717, 1.165) is 37.1 Å². The second-order valence-corrected chi connectivity index (χ2v) is 8.85. The second-order valence-electron chi connectivity index (χ2n) is 8.85. The average molecular weight is 375 g/mol. The van der Waals surface area contributed by atoms with Crippen molar-refractivity contribution in [2.24, 2.45) is 17.3 Å². The zero-order valence-electron chi connectivity index (χ0n) is 18.3. The van der Waals surface area contributed by atoms with Crippen LogP contribution in [0.1, 0.15) is 95.5 Å². The molecule has 0 amide bonds. The number of unbranched alkanes of at least 4 members (excludes halogenated alkanes) is 1. The van der Waals surface area contributed by atoms with Gasteiger partial charge in [-0.25, -0.2) is 4.98 Å². The van der Waals surface area contributed by atoms with E-state index in [-0.39, 0.29) is 17.8 Å². The number of nitrogens with zero attached hydrogens (tertiary/aromatic N) is 2. The minimum atomic E-state index is 0.0519. The van der Waals surface area contributed by atoms with Crippen LogP contribution in [0.4, 0.5) is 0 Å². The monoisotopic (exact) mass is 374 g/mol. The zero-order valence-corrected chi connectivity index (χ0v) is 18.3. The largest absolute Gasteiger partial charge is 0.396 e. The Hall–Kier alpha value is -1.55. The quantitative estimate of drug-likeness (QED) is 0.426. The van der Waals surface area contributed by atoms with Gasteiger partial charge in [0.05, 0.1) is 17.6 Å². The van der Waals surface area contributed by atoms with Crippen LogP contribution in [0, 0.1) is 24.2 Å². The standard InChI is InChI=1S/C23H38N2O2/c1-8-19(23(5,6)7)13-20-17(4)24-14-21(25-20)22(27)12-10-9-11-18(15-26)16(2)3/h13-14,16,18,26H,8-12,15H2,1-7H3/b19-13+. The summed E-state index contributed by atoms with van der Waals surface area (Å²) in [6.45, 7) is 15.1. The molecule has 1 aromatic heterocycles. The lowest BCUT2D eigenvalue weighted by Gasteiger charge is -2.22. The van der Waals surface area contributed by atoms with E-state index in [1.165, 1.54) is 5.57 Å². The third-order valence-electron chi connectivity index (χ3n) is 5.34. The molecule has 1 unspecified atom stereocenters. The molecular weight excluding hydrogens is 336 g/mol. The van der Waals surface area contributed by atoms with Gasteiger partial charge in [0.2, 0.25) is 0 Å². The molecule has 0 bridgehead atoms. The molecule has 0 saturated carbocycles. The Morgan fingerprint density at radius 1 is 1.26 bits per heavy atom. The summed E-state index contributed by atoms with van der Waals surface area (Å²) in [5.74, 6) is 0.843. The van der Waals surface area contributed by atoms with Crippen molar-refractivity contribution in [3.05, 3.63) is 28.9 Å². The van der Waals surface area contributed by atoms with Crippen LogP contribution in [-0.2, 0) is 0 Å². The van der Waals surface area contributed by atoms with E-state index < -0.39 is 0 Å². The Bertz CT molecular complexity index is 642. The predicted octanol–water partition coefficient (Wildman–Crippen LogP) is 5.63. The second kappa shape index (κ2) is 10.7. The molecule has 0 aliphatic heterocycles. The highest BCUT2D eigenvalue weighted by Gasteiger charge is 2.17. The lowest BCUT2D eigenvalue weighted by atomic mass is 9.84. The van der Waals surface area contributed by atoms with Gasteiger partial charge in [-0.1, -0.05) is 53.5 Å². The van der Waals surface area contributed by atoms with Crippen LogP contribution in [0.3, 0.4) is 0 Å². The van der Waals surface area contributed by atoms with Crippen molar-refractivity contribution in [2.75, 3.05) is 6.61 Å². The van der Waals surface area contributed by atoms with E-state index in [9.17, 15) is 9.90 Å². The first kappa shape index (κ1) is 23.5. The highest BCUT2D eigenvalue weighted by atomic mass is 16.3. The molecule has 0 aromatic carbocycles. The van der Waals surface area contributed by atoms with Crippen LogP contribution < -0.4 is 0 Å². The molecule has 4 nitrogen and oxygen atoms in total. The minimum Gasteiger partial charge on any atom is -0.396 e. The molecule has 1 N–H and O–H groups in total. The Kier molecular flexibility index (Phi) is 9.31. The normalized spacial score (nSPS) is 13.9. The van der Waals surface area contributed by atoms with Crippen molar-refractivity contribution in [1.82, 2.24) is 9.97 Å². The van der Waals surface area contributed by atoms with Gasteiger partial charge in [0.15, 0.2) is 5.78 Å². The molecule has 27 heavy (non-hydrogen) atoms. The van der Waals surface area contributed by atoms with Gasteiger partial charge in [-0.15, -0.1) is 0 Å². The maximum atomic E-state index is 12.5. The third kappa shape index (κ3) is 7.53. The molecule has 1 heterocycles. The van der Waals surface area contributed by atoms with Crippen molar-refractivity contribution in [3.8, 4) is 0 Å². The van der Waals surface area contributed by atoms with Gasteiger partial charge in [0, 0.05) is 13.0 Å². The number of rotatable bonds is 10. The van der Waals surface area contributed by atoms with E-state index in [1.54, 1.807) is 6.20 Å². The molecule has 4 heteroatoms. The maximum Gasteiger partial charge on any atom is 0.182 e. The first-order valence-electron chi connectivity index (χ1n) is 10.3. The van der Waals surface area contributed by atoms with Gasteiger partial charge in [0.25, 0.3) is 0 Å². The molecule has 0 fully saturated rings. The van der Waals surface area contributed by atoms with Crippen molar-refractivity contribution in [3.63, 3.8) is 0 Å². The van der Waals surface area contributed by atoms with Crippen LogP contribution in [0.5, 0.6) is 0 Å². The third-order valence-corrected chi connectivity index (χ3v) is 5.34. The zero-order chi connectivity index (χ0) is 20.6. The van der Waals surface area contributed by atoms with Crippen molar-refractivity contribution < 1.29 is 9.90 Å². The number of Topliss-reactive ketones (excluding diaryl/α,β-unsaturated/α-hetero) is 1. The summed E-state index contributed by atoms with van der Waals surface area (Å²) in [4.78, 5) is 21.5.